The van der Waals surface area contributed by atoms with Crippen molar-refractivity contribution in [3.63, 3.8) is 0 Å². The van der Waals surface area contributed by atoms with Crippen molar-refractivity contribution in [3.05, 3.63) is 48.6 Å². The first kappa shape index (κ1) is 55.9. The van der Waals surface area contributed by atoms with Crippen molar-refractivity contribution < 1.29 is 23.8 Å². The molecular weight excluding hydrogens is 717 g/mol. The van der Waals surface area contributed by atoms with E-state index in [9.17, 15) is 9.59 Å². The number of esters is 2. The molecule has 0 aliphatic heterocycles. The molecule has 1 unspecified atom stereocenters. The molecule has 0 aromatic carbocycles. The minimum atomic E-state index is -0.539. The minimum absolute atomic E-state index is 0.0763. The Bertz CT molecular complexity index is 966. The van der Waals surface area contributed by atoms with Crippen LogP contribution in [0.4, 0.5) is 0 Å². The normalized spacial score (nSPS) is 12.5. The van der Waals surface area contributed by atoms with Crippen molar-refractivity contribution in [1.29, 1.82) is 0 Å². The summed E-state index contributed by atoms with van der Waals surface area (Å²) in [6.45, 7) is 7.71. The van der Waals surface area contributed by atoms with Gasteiger partial charge >= 0.3 is 11.9 Å². The maximum atomic E-state index is 12.8. The van der Waals surface area contributed by atoms with Crippen molar-refractivity contribution in [3.8, 4) is 0 Å². The Morgan fingerprint density at radius 3 is 1.24 bits per heavy atom. The van der Waals surface area contributed by atoms with E-state index in [0.717, 1.165) is 83.5 Å². The van der Waals surface area contributed by atoms with Crippen LogP contribution in [0, 0.1) is 0 Å². The van der Waals surface area contributed by atoms with Crippen LogP contribution in [0.5, 0.6) is 0 Å². The predicted octanol–water partition coefficient (Wildman–Crippen LogP) is 16.8. The van der Waals surface area contributed by atoms with Gasteiger partial charge in [0.15, 0.2) is 6.10 Å². The maximum Gasteiger partial charge on any atom is 0.306 e. The van der Waals surface area contributed by atoms with E-state index in [0.29, 0.717) is 19.4 Å². The third kappa shape index (κ3) is 46.5. The van der Waals surface area contributed by atoms with Crippen LogP contribution >= 0.6 is 0 Å². The van der Waals surface area contributed by atoms with Crippen molar-refractivity contribution in [1.82, 2.24) is 0 Å². The summed E-state index contributed by atoms with van der Waals surface area (Å²) in [4.78, 5) is 25.3. The van der Waals surface area contributed by atoms with Crippen LogP contribution in [0.25, 0.3) is 0 Å². The molecule has 5 heteroatoms. The van der Waals surface area contributed by atoms with E-state index in [1.807, 2.05) is 0 Å². The molecule has 5 nitrogen and oxygen atoms in total. The fourth-order valence-electron chi connectivity index (χ4n) is 7.15. The second-order valence-corrected chi connectivity index (χ2v) is 16.7. The number of unbranched alkanes of at least 4 members (excludes halogenated alkanes) is 27. The first-order valence-corrected chi connectivity index (χ1v) is 25.2. The van der Waals surface area contributed by atoms with Gasteiger partial charge < -0.3 is 14.2 Å². The average molecular weight is 813 g/mol. The van der Waals surface area contributed by atoms with Gasteiger partial charge in [0, 0.05) is 19.4 Å². The Balaban J connectivity index is 4.18. The second-order valence-electron chi connectivity index (χ2n) is 16.7. The standard InChI is InChI=1S/C53H96O5/c1-4-7-10-13-16-19-21-23-25-27-29-31-33-35-37-40-43-46-52(54)57-50-51(49-56-48-45-42-39-18-15-12-9-6-3)58-53(55)47-44-41-38-36-34-32-30-28-26-24-22-20-17-14-11-8-5-2/h7,10,16,19,23,25,29,31,51H,4-6,8-9,11-15,17-18,20-22,24,26-28,30,32-50H2,1-3H3/b10-7-,19-16-,25-23-,31-29-. The zero-order chi connectivity index (χ0) is 42.1. The molecule has 338 valence electrons. The second kappa shape index (κ2) is 49.2. The van der Waals surface area contributed by atoms with Gasteiger partial charge in [0.05, 0.1) is 6.61 Å². The lowest BCUT2D eigenvalue weighted by molar-refractivity contribution is -0.163. The summed E-state index contributed by atoms with van der Waals surface area (Å²) < 4.78 is 17.3. The molecule has 0 aromatic rings. The molecule has 0 aromatic heterocycles. The quantitative estimate of drug-likeness (QED) is 0.0348. The van der Waals surface area contributed by atoms with Crippen molar-refractivity contribution in [2.75, 3.05) is 19.8 Å². The molecule has 58 heavy (non-hydrogen) atoms. The number of ether oxygens (including phenoxy) is 3. The van der Waals surface area contributed by atoms with Gasteiger partial charge in [-0.2, -0.15) is 0 Å². The monoisotopic (exact) mass is 813 g/mol. The van der Waals surface area contributed by atoms with Gasteiger partial charge in [0.25, 0.3) is 0 Å². The topological polar surface area (TPSA) is 61.8 Å². The van der Waals surface area contributed by atoms with Crippen LogP contribution in [0.15, 0.2) is 48.6 Å². The molecule has 0 aliphatic rings. The highest BCUT2D eigenvalue weighted by Gasteiger charge is 2.17. The minimum Gasteiger partial charge on any atom is -0.462 e. The Hall–Kier alpha value is -2.14. The summed E-state index contributed by atoms with van der Waals surface area (Å²) in [5.74, 6) is -0.415. The summed E-state index contributed by atoms with van der Waals surface area (Å²) in [6.07, 6.45) is 59.8. The van der Waals surface area contributed by atoms with E-state index in [2.05, 4.69) is 69.4 Å². The van der Waals surface area contributed by atoms with Gasteiger partial charge in [-0.1, -0.05) is 230 Å². The van der Waals surface area contributed by atoms with E-state index in [1.54, 1.807) is 0 Å². The van der Waals surface area contributed by atoms with Crippen LogP contribution in [-0.2, 0) is 23.8 Å². The highest BCUT2D eigenvalue weighted by Crippen LogP contribution is 2.15. The van der Waals surface area contributed by atoms with E-state index in [-0.39, 0.29) is 25.2 Å². The summed E-state index contributed by atoms with van der Waals surface area (Å²) >= 11 is 0. The summed E-state index contributed by atoms with van der Waals surface area (Å²) in [5.41, 5.74) is 0. The smallest absolute Gasteiger partial charge is 0.306 e. The molecule has 0 spiro atoms. The van der Waals surface area contributed by atoms with Crippen molar-refractivity contribution in [2.45, 2.75) is 258 Å². The summed E-state index contributed by atoms with van der Waals surface area (Å²) in [6, 6.07) is 0. The third-order valence-electron chi connectivity index (χ3n) is 10.9. The van der Waals surface area contributed by atoms with Crippen LogP contribution in [0.2, 0.25) is 0 Å². The molecule has 0 radical (unpaired) electrons. The largest absolute Gasteiger partial charge is 0.462 e. The van der Waals surface area contributed by atoms with Gasteiger partial charge in [0.2, 0.25) is 0 Å². The molecule has 1 atom stereocenters. The first-order chi connectivity index (χ1) is 28.6. The van der Waals surface area contributed by atoms with Crippen molar-refractivity contribution in [2.24, 2.45) is 0 Å². The molecule has 0 fully saturated rings. The molecule has 0 saturated heterocycles. The molecule has 0 heterocycles. The highest BCUT2D eigenvalue weighted by molar-refractivity contribution is 5.70. The molecule has 0 bridgehead atoms. The summed E-state index contributed by atoms with van der Waals surface area (Å²) in [7, 11) is 0. The SMILES string of the molecule is CC/C=C\C/C=C\C/C=C\C/C=C\CCCCCCC(=O)OCC(COCCCCCCCCCC)OC(=O)CCCCCCCCCCCCCCCCCCC. The zero-order valence-electron chi connectivity index (χ0n) is 38.8. The average Bonchev–Trinajstić information content (AvgIpc) is 3.22. The lowest BCUT2D eigenvalue weighted by Gasteiger charge is -2.18. The molecule has 0 saturated carbocycles. The molecular formula is C53H96O5. The molecule has 0 aliphatic carbocycles. The fraction of sp³-hybridized carbons (Fsp3) is 0.811. The number of allylic oxidation sites excluding steroid dienone is 8. The summed E-state index contributed by atoms with van der Waals surface area (Å²) in [5, 5.41) is 0. The van der Waals surface area contributed by atoms with Gasteiger partial charge in [0.1, 0.15) is 6.61 Å². The van der Waals surface area contributed by atoms with Crippen LogP contribution in [0.1, 0.15) is 252 Å². The van der Waals surface area contributed by atoms with Gasteiger partial charge in [-0.05, 0) is 57.8 Å². The number of hydrogen-bond acceptors (Lipinski definition) is 5. The van der Waals surface area contributed by atoms with Gasteiger partial charge in [-0.3, -0.25) is 9.59 Å². The molecule has 0 amide bonds. The zero-order valence-corrected chi connectivity index (χ0v) is 38.8. The van der Waals surface area contributed by atoms with Crippen LogP contribution in [-0.4, -0.2) is 37.9 Å². The Labute approximate surface area is 361 Å². The number of hydrogen-bond donors (Lipinski definition) is 0. The molecule has 0 rings (SSSR count). The lowest BCUT2D eigenvalue weighted by Crippen LogP contribution is -2.30. The Morgan fingerprint density at radius 2 is 0.776 bits per heavy atom. The number of carbonyl (C=O) groups excluding carboxylic acids is 2. The lowest BCUT2D eigenvalue weighted by atomic mass is 10.0. The first-order valence-electron chi connectivity index (χ1n) is 25.2. The predicted molar refractivity (Wildman–Crippen MR) is 251 cm³/mol. The highest BCUT2D eigenvalue weighted by atomic mass is 16.6. The Kier molecular flexibility index (Phi) is 47.4. The van der Waals surface area contributed by atoms with Crippen LogP contribution in [0.3, 0.4) is 0 Å². The number of carbonyl (C=O) groups is 2. The fourth-order valence-corrected chi connectivity index (χ4v) is 7.15. The van der Waals surface area contributed by atoms with E-state index >= 15 is 0 Å². The van der Waals surface area contributed by atoms with Crippen LogP contribution < -0.4 is 0 Å². The van der Waals surface area contributed by atoms with E-state index in [1.165, 1.54) is 135 Å². The molecule has 0 N–H and O–H groups in total. The van der Waals surface area contributed by atoms with Gasteiger partial charge in [-0.15, -0.1) is 0 Å². The Morgan fingerprint density at radius 1 is 0.397 bits per heavy atom. The maximum absolute atomic E-state index is 12.8. The number of rotatable bonds is 46. The van der Waals surface area contributed by atoms with Gasteiger partial charge in [-0.25, -0.2) is 0 Å². The van der Waals surface area contributed by atoms with Crippen molar-refractivity contribution >= 4 is 11.9 Å². The van der Waals surface area contributed by atoms with E-state index in [4.69, 9.17) is 14.2 Å². The van der Waals surface area contributed by atoms with E-state index < -0.39 is 6.10 Å². The third-order valence-corrected chi connectivity index (χ3v) is 10.9.